The fourth-order valence-electron chi connectivity index (χ4n) is 3.62. The third-order valence-corrected chi connectivity index (χ3v) is 6.32. The van der Waals surface area contributed by atoms with E-state index >= 15 is 0 Å². The Morgan fingerprint density at radius 3 is 2.30 bits per heavy atom. The molecule has 0 atom stereocenters. The van der Waals surface area contributed by atoms with E-state index in [4.69, 9.17) is 4.18 Å². The minimum absolute atomic E-state index is 0.0890. The highest BCUT2D eigenvalue weighted by molar-refractivity contribution is 7.86. The van der Waals surface area contributed by atoms with E-state index in [0.29, 0.717) is 22.2 Å². The first kappa shape index (κ1) is 18.5. The molecule has 7 nitrogen and oxygen atoms in total. The van der Waals surface area contributed by atoms with E-state index in [0.717, 1.165) is 5.52 Å². The number of imidazole rings is 1. The molecular formula is C22H17N3O4S. The third kappa shape index (κ3) is 2.97. The Hall–Kier alpha value is -3.49. The van der Waals surface area contributed by atoms with E-state index in [1.807, 2.05) is 34.9 Å². The zero-order valence-electron chi connectivity index (χ0n) is 15.8. The summed E-state index contributed by atoms with van der Waals surface area (Å²) in [5.41, 5.74) is 1.91. The van der Waals surface area contributed by atoms with Gasteiger partial charge in [0.2, 0.25) is 5.78 Å². The molecule has 0 N–H and O–H groups in total. The number of rotatable bonds is 5. The molecule has 0 saturated heterocycles. The van der Waals surface area contributed by atoms with Crippen molar-refractivity contribution in [3.05, 3.63) is 89.2 Å². The summed E-state index contributed by atoms with van der Waals surface area (Å²) in [6.45, 7) is 0.127. The average molecular weight is 419 g/mol. The van der Waals surface area contributed by atoms with Gasteiger partial charge in [-0.1, -0.05) is 42.5 Å². The van der Waals surface area contributed by atoms with Gasteiger partial charge in [-0.2, -0.15) is 8.42 Å². The molecule has 0 fully saturated rings. The van der Waals surface area contributed by atoms with Gasteiger partial charge < -0.3 is 4.57 Å². The quantitative estimate of drug-likeness (QED) is 0.409. The topological polar surface area (TPSA) is 82.7 Å². The van der Waals surface area contributed by atoms with Crippen LogP contribution in [0, 0.1) is 0 Å². The van der Waals surface area contributed by atoms with Crippen molar-refractivity contribution in [2.75, 3.05) is 6.61 Å². The van der Waals surface area contributed by atoms with Crippen molar-refractivity contribution in [3.8, 4) is 0 Å². The largest absolute Gasteiger partial charge is 0.307 e. The molecule has 0 aliphatic carbocycles. The molecule has 0 amide bonds. The lowest BCUT2D eigenvalue weighted by atomic mass is 10.2. The predicted octanol–water partition coefficient (Wildman–Crippen LogP) is 3.21. The molecule has 0 aliphatic rings. The van der Waals surface area contributed by atoms with Crippen molar-refractivity contribution in [2.24, 2.45) is 0 Å². The highest BCUT2D eigenvalue weighted by Crippen LogP contribution is 2.21. The minimum Gasteiger partial charge on any atom is -0.307 e. The summed E-state index contributed by atoms with van der Waals surface area (Å²) in [4.78, 5) is 17.9. The van der Waals surface area contributed by atoms with E-state index in [1.165, 1.54) is 12.1 Å². The van der Waals surface area contributed by atoms with Crippen molar-refractivity contribution >= 4 is 37.8 Å². The first-order valence-corrected chi connectivity index (χ1v) is 10.8. The standard InChI is InChI=1S/C22H17N3O4S/c26-21-17-10-4-5-11-18(17)23-22-24(19-12-6-7-13-20(19)25(21)22)14-15-29-30(27,28)16-8-2-1-3-9-16/h1-13H,14-15H2. The van der Waals surface area contributed by atoms with Crippen molar-refractivity contribution in [3.63, 3.8) is 0 Å². The Labute approximate surface area is 171 Å². The number of hydrogen-bond acceptors (Lipinski definition) is 5. The van der Waals surface area contributed by atoms with Gasteiger partial charge in [0.25, 0.3) is 15.7 Å². The molecule has 0 bridgehead atoms. The lowest BCUT2D eigenvalue weighted by molar-refractivity contribution is 0.303. The normalized spacial score (nSPS) is 12.1. The van der Waals surface area contributed by atoms with Gasteiger partial charge in [-0.05, 0) is 36.4 Å². The van der Waals surface area contributed by atoms with Gasteiger partial charge in [0.15, 0.2) is 0 Å². The third-order valence-electron chi connectivity index (χ3n) is 5.00. The predicted molar refractivity (Wildman–Crippen MR) is 114 cm³/mol. The Bertz CT molecular complexity index is 1550. The maximum Gasteiger partial charge on any atom is 0.297 e. The molecule has 8 heteroatoms. The molecular weight excluding hydrogens is 402 g/mol. The Morgan fingerprint density at radius 1 is 0.833 bits per heavy atom. The maximum atomic E-state index is 13.1. The van der Waals surface area contributed by atoms with Crippen LogP contribution in [0.3, 0.4) is 0 Å². The number of fused-ring (bicyclic) bond motifs is 4. The highest BCUT2D eigenvalue weighted by Gasteiger charge is 2.18. The summed E-state index contributed by atoms with van der Waals surface area (Å²) < 4.78 is 33.4. The van der Waals surface area contributed by atoms with Gasteiger partial charge in [-0.3, -0.25) is 8.98 Å². The fraction of sp³-hybridized carbons (Fsp3) is 0.0909. The van der Waals surface area contributed by atoms with Gasteiger partial charge in [0.05, 0.1) is 40.0 Å². The first-order chi connectivity index (χ1) is 14.6. The molecule has 0 unspecified atom stereocenters. The zero-order chi connectivity index (χ0) is 20.7. The monoisotopic (exact) mass is 419 g/mol. The summed E-state index contributed by atoms with van der Waals surface area (Å²) in [6.07, 6.45) is 0. The fourth-order valence-corrected chi connectivity index (χ4v) is 4.54. The molecule has 150 valence electrons. The van der Waals surface area contributed by atoms with Crippen molar-refractivity contribution in [2.45, 2.75) is 11.4 Å². The van der Waals surface area contributed by atoms with Gasteiger partial charge >= 0.3 is 0 Å². The molecule has 0 spiro atoms. The molecule has 0 saturated carbocycles. The second kappa shape index (κ2) is 7.08. The second-order valence-corrected chi connectivity index (χ2v) is 8.41. The molecule has 3 aromatic carbocycles. The summed E-state index contributed by atoms with van der Waals surface area (Å²) in [5.74, 6) is 0.445. The Morgan fingerprint density at radius 2 is 1.50 bits per heavy atom. The van der Waals surface area contributed by atoms with E-state index in [1.54, 1.807) is 40.8 Å². The van der Waals surface area contributed by atoms with Crippen molar-refractivity contribution in [1.29, 1.82) is 0 Å². The number of nitrogens with zero attached hydrogens (tertiary/aromatic N) is 3. The first-order valence-electron chi connectivity index (χ1n) is 9.39. The van der Waals surface area contributed by atoms with Gasteiger partial charge in [0.1, 0.15) is 0 Å². The summed E-state index contributed by atoms with van der Waals surface area (Å²) in [7, 11) is -3.87. The lowest BCUT2D eigenvalue weighted by Gasteiger charge is -2.08. The average Bonchev–Trinajstić information content (AvgIpc) is 3.08. The zero-order valence-corrected chi connectivity index (χ0v) is 16.6. The van der Waals surface area contributed by atoms with Crippen LogP contribution >= 0.6 is 0 Å². The van der Waals surface area contributed by atoms with E-state index in [-0.39, 0.29) is 23.6 Å². The van der Waals surface area contributed by atoms with Gasteiger partial charge in [0, 0.05) is 0 Å². The molecule has 2 aromatic heterocycles. The Balaban J connectivity index is 1.59. The molecule has 5 rings (SSSR count). The SMILES string of the molecule is O=c1c2ccccc2nc2n(CCOS(=O)(=O)c3ccccc3)c3ccccc3n12. The number of benzene rings is 3. The number of aromatic nitrogens is 3. The maximum absolute atomic E-state index is 13.1. The summed E-state index contributed by atoms with van der Waals surface area (Å²) in [6, 6.07) is 22.6. The lowest BCUT2D eigenvalue weighted by Crippen LogP contribution is -2.16. The van der Waals surface area contributed by atoms with E-state index in [2.05, 4.69) is 4.98 Å². The van der Waals surface area contributed by atoms with Crippen LogP contribution in [0.1, 0.15) is 0 Å². The summed E-state index contributed by atoms with van der Waals surface area (Å²) >= 11 is 0. The molecule has 30 heavy (non-hydrogen) atoms. The molecule has 2 heterocycles. The van der Waals surface area contributed by atoms with Crippen LogP contribution < -0.4 is 5.56 Å². The number of hydrogen-bond donors (Lipinski definition) is 0. The van der Waals surface area contributed by atoms with Crippen LogP contribution in [0.5, 0.6) is 0 Å². The smallest absolute Gasteiger partial charge is 0.297 e. The second-order valence-electron chi connectivity index (χ2n) is 6.80. The van der Waals surface area contributed by atoms with Gasteiger partial charge in [-0.15, -0.1) is 0 Å². The van der Waals surface area contributed by atoms with Crippen LogP contribution in [-0.2, 0) is 20.8 Å². The van der Waals surface area contributed by atoms with Crippen molar-refractivity contribution in [1.82, 2.24) is 14.0 Å². The van der Waals surface area contributed by atoms with Crippen molar-refractivity contribution < 1.29 is 12.6 Å². The highest BCUT2D eigenvalue weighted by atomic mass is 32.2. The molecule has 0 radical (unpaired) electrons. The summed E-state index contributed by atoms with van der Waals surface area (Å²) in [5, 5.41) is 0.529. The van der Waals surface area contributed by atoms with Crippen LogP contribution in [0.4, 0.5) is 0 Å². The molecule has 5 aromatic rings. The van der Waals surface area contributed by atoms with E-state index < -0.39 is 10.1 Å². The molecule has 0 aliphatic heterocycles. The van der Waals surface area contributed by atoms with Gasteiger partial charge in [-0.25, -0.2) is 9.38 Å². The van der Waals surface area contributed by atoms with Crippen LogP contribution in [0.2, 0.25) is 0 Å². The Kier molecular flexibility index (Phi) is 4.38. The number of para-hydroxylation sites is 3. The van der Waals surface area contributed by atoms with Crippen LogP contribution in [-0.4, -0.2) is 29.0 Å². The van der Waals surface area contributed by atoms with Crippen LogP contribution in [0.25, 0.3) is 27.7 Å². The minimum atomic E-state index is -3.87. The van der Waals surface area contributed by atoms with Crippen LogP contribution in [0.15, 0.2) is 88.6 Å². The van der Waals surface area contributed by atoms with E-state index in [9.17, 15) is 13.2 Å².